The number of alkyl halides is 3. The molecule has 0 saturated heterocycles. The smallest absolute Gasteiger partial charge is 0.399 e. The number of halogens is 4. The number of anilines is 2. The molecule has 2 aromatic rings. The molecular formula is C15H14F4N2. The van der Waals surface area contributed by atoms with Crippen LogP contribution in [0.1, 0.15) is 11.1 Å². The molecule has 0 bridgehead atoms. The van der Waals surface area contributed by atoms with Crippen LogP contribution < -0.4 is 10.6 Å². The maximum atomic E-state index is 13.0. The second-order valence-electron chi connectivity index (χ2n) is 4.75. The van der Waals surface area contributed by atoms with Crippen molar-refractivity contribution in [1.29, 1.82) is 0 Å². The van der Waals surface area contributed by atoms with Gasteiger partial charge in [-0.15, -0.1) is 0 Å². The van der Waals surface area contributed by atoms with E-state index >= 15 is 0 Å². The van der Waals surface area contributed by atoms with Crippen molar-refractivity contribution in [3.8, 4) is 0 Å². The van der Waals surface area contributed by atoms with E-state index in [1.807, 2.05) is 0 Å². The van der Waals surface area contributed by atoms with E-state index < -0.39 is 17.6 Å². The first kappa shape index (κ1) is 15.2. The summed E-state index contributed by atoms with van der Waals surface area (Å²) >= 11 is 0. The molecule has 0 aliphatic carbocycles. The summed E-state index contributed by atoms with van der Waals surface area (Å²) in [6.07, 6.45) is -4.46. The summed E-state index contributed by atoms with van der Waals surface area (Å²) in [5.41, 5.74) is 5.48. The highest BCUT2D eigenvalue weighted by atomic mass is 19.4. The van der Waals surface area contributed by atoms with E-state index in [1.54, 1.807) is 11.9 Å². The van der Waals surface area contributed by atoms with E-state index in [1.165, 1.54) is 36.4 Å². The van der Waals surface area contributed by atoms with Gasteiger partial charge in [-0.05, 0) is 42.0 Å². The average molecular weight is 298 g/mol. The van der Waals surface area contributed by atoms with E-state index in [0.29, 0.717) is 5.69 Å². The number of nitrogen functional groups attached to an aromatic ring is 1. The quantitative estimate of drug-likeness (QED) is 0.684. The summed E-state index contributed by atoms with van der Waals surface area (Å²) in [5, 5.41) is 0. The number of rotatable bonds is 3. The Kier molecular flexibility index (Phi) is 4.06. The van der Waals surface area contributed by atoms with Crippen LogP contribution in [0.3, 0.4) is 0 Å². The maximum absolute atomic E-state index is 13.0. The molecule has 0 saturated carbocycles. The fraction of sp³-hybridized carbons (Fsp3) is 0.200. The van der Waals surface area contributed by atoms with Gasteiger partial charge in [0.25, 0.3) is 0 Å². The highest BCUT2D eigenvalue weighted by Gasteiger charge is 2.33. The molecule has 0 fully saturated rings. The lowest BCUT2D eigenvalue weighted by Gasteiger charge is -2.22. The second-order valence-corrected chi connectivity index (χ2v) is 4.75. The van der Waals surface area contributed by atoms with E-state index in [4.69, 9.17) is 5.73 Å². The van der Waals surface area contributed by atoms with Crippen LogP contribution in [0.5, 0.6) is 0 Å². The third-order valence-corrected chi connectivity index (χ3v) is 3.11. The number of nitrogens with two attached hydrogens (primary N) is 1. The summed E-state index contributed by atoms with van der Waals surface area (Å²) in [7, 11) is 1.64. The number of hydrogen-bond acceptors (Lipinski definition) is 2. The molecule has 0 unspecified atom stereocenters. The fourth-order valence-corrected chi connectivity index (χ4v) is 2.04. The van der Waals surface area contributed by atoms with Gasteiger partial charge in [-0.1, -0.05) is 6.07 Å². The highest BCUT2D eigenvalue weighted by Crippen LogP contribution is 2.34. The molecule has 21 heavy (non-hydrogen) atoms. The van der Waals surface area contributed by atoms with Crippen LogP contribution in [0.15, 0.2) is 42.5 Å². The van der Waals surface area contributed by atoms with Crippen LogP contribution in [-0.2, 0) is 12.7 Å². The van der Waals surface area contributed by atoms with Crippen molar-refractivity contribution in [1.82, 2.24) is 0 Å². The first-order valence-corrected chi connectivity index (χ1v) is 6.19. The molecule has 0 amide bonds. The number of nitrogens with zero attached hydrogens (tertiary/aromatic N) is 1. The van der Waals surface area contributed by atoms with Gasteiger partial charge in [-0.25, -0.2) is 4.39 Å². The minimum Gasteiger partial charge on any atom is -0.399 e. The van der Waals surface area contributed by atoms with Crippen molar-refractivity contribution in [3.05, 3.63) is 59.4 Å². The van der Waals surface area contributed by atoms with Crippen molar-refractivity contribution < 1.29 is 17.6 Å². The molecule has 0 spiro atoms. The van der Waals surface area contributed by atoms with E-state index in [0.717, 1.165) is 6.07 Å². The Morgan fingerprint density at radius 1 is 1.05 bits per heavy atom. The standard InChI is InChI=1S/C15H14F4N2/c1-21(13-6-3-11(16)4-7-13)9-10-2-5-12(20)8-14(10)15(17,18)19/h2-8H,9,20H2,1H3. The summed E-state index contributed by atoms with van der Waals surface area (Å²) in [4.78, 5) is 1.61. The molecule has 0 radical (unpaired) electrons. The topological polar surface area (TPSA) is 29.3 Å². The molecule has 0 aliphatic rings. The van der Waals surface area contributed by atoms with Gasteiger partial charge in [0.15, 0.2) is 0 Å². The van der Waals surface area contributed by atoms with Gasteiger partial charge in [0.2, 0.25) is 0 Å². The number of hydrogen-bond donors (Lipinski definition) is 1. The largest absolute Gasteiger partial charge is 0.416 e. The zero-order chi connectivity index (χ0) is 15.6. The van der Waals surface area contributed by atoms with Gasteiger partial charge in [0.05, 0.1) is 5.56 Å². The first-order chi connectivity index (χ1) is 9.77. The molecule has 0 aromatic heterocycles. The van der Waals surface area contributed by atoms with Crippen LogP contribution in [0.25, 0.3) is 0 Å². The van der Waals surface area contributed by atoms with Crippen LogP contribution in [0.2, 0.25) is 0 Å². The maximum Gasteiger partial charge on any atom is 0.416 e. The van der Waals surface area contributed by atoms with Crippen molar-refractivity contribution in [2.24, 2.45) is 0 Å². The Hall–Kier alpha value is -2.24. The van der Waals surface area contributed by atoms with Crippen LogP contribution in [0.4, 0.5) is 28.9 Å². The first-order valence-electron chi connectivity index (χ1n) is 6.19. The summed E-state index contributed by atoms with van der Waals surface area (Å²) in [6.45, 7) is 0.0424. The lowest BCUT2D eigenvalue weighted by Crippen LogP contribution is -2.20. The van der Waals surface area contributed by atoms with Gasteiger partial charge in [0.1, 0.15) is 5.82 Å². The molecule has 0 atom stereocenters. The average Bonchev–Trinajstić information content (AvgIpc) is 2.40. The number of benzene rings is 2. The Morgan fingerprint density at radius 2 is 1.67 bits per heavy atom. The second kappa shape index (κ2) is 5.63. The van der Waals surface area contributed by atoms with Crippen molar-refractivity contribution >= 4 is 11.4 Å². The SMILES string of the molecule is CN(Cc1ccc(N)cc1C(F)(F)F)c1ccc(F)cc1. The Bertz CT molecular complexity index is 621. The summed E-state index contributed by atoms with van der Waals surface area (Å²) in [5.74, 6) is -0.393. The zero-order valence-corrected chi connectivity index (χ0v) is 11.3. The molecule has 2 rings (SSSR count). The van der Waals surface area contributed by atoms with Crippen LogP contribution in [-0.4, -0.2) is 7.05 Å². The normalized spacial score (nSPS) is 11.5. The summed E-state index contributed by atoms with van der Waals surface area (Å²) in [6, 6.07) is 9.27. The minimum atomic E-state index is -4.46. The zero-order valence-electron chi connectivity index (χ0n) is 11.3. The van der Waals surface area contributed by atoms with Gasteiger partial charge < -0.3 is 10.6 Å². The van der Waals surface area contributed by atoms with Gasteiger partial charge in [-0.3, -0.25) is 0 Å². The molecular weight excluding hydrogens is 284 g/mol. The molecule has 2 N–H and O–H groups in total. The van der Waals surface area contributed by atoms with Crippen molar-refractivity contribution in [2.45, 2.75) is 12.7 Å². The predicted molar refractivity (Wildman–Crippen MR) is 74.4 cm³/mol. The highest BCUT2D eigenvalue weighted by molar-refractivity contribution is 5.50. The monoisotopic (exact) mass is 298 g/mol. The van der Waals surface area contributed by atoms with E-state index in [-0.39, 0.29) is 17.8 Å². The van der Waals surface area contributed by atoms with Crippen LogP contribution >= 0.6 is 0 Å². The van der Waals surface area contributed by atoms with Crippen LogP contribution in [0, 0.1) is 5.82 Å². The molecule has 0 aliphatic heterocycles. The Morgan fingerprint density at radius 3 is 2.24 bits per heavy atom. The lowest BCUT2D eigenvalue weighted by molar-refractivity contribution is -0.138. The Balaban J connectivity index is 2.29. The third kappa shape index (κ3) is 3.65. The van der Waals surface area contributed by atoms with E-state index in [9.17, 15) is 17.6 Å². The molecule has 2 nitrogen and oxygen atoms in total. The van der Waals surface area contributed by atoms with E-state index in [2.05, 4.69) is 0 Å². The molecule has 0 heterocycles. The predicted octanol–water partition coefficient (Wildman–Crippen LogP) is 4.06. The fourth-order valence-electron chi connectivity index (χ4n) is 2.04. The third-order valence-electron chi connectivity index (χ3n) is 3.11. The van der Waals surface area contributed by atoms with Gasteiger partial charge in [-0.2, -0.15) is 13.2 Å². The van der Waals surface area contributed by atoms with Gasteiger partial charge >= 0.3 is 6.18 Å². The van der Waals surface area contributed by atoms with Crippen molar-refractivity contribution in [3.63, 3.8) is 0 Å². The lowest BCUT2D eigenvalue weighted by atomic mass is 10.1. The minimum absolute atomic E-state index is 0.0424. The van der Waals surface area contributed by atoms with Crippen molar-refractivity contribution in [2.75, 3.05) is 17.7 Å². The van der Waals surface area contributed by atoms with Gasteiger partial charge in [0, 0.05) is 25.0 Å². The Labute approximate surface area is 119 Å². The molecule has 2 aromatic carbocycles. The summed E-state index contributed by atoms with van der Waals surface area (Å²) < 4.78 is 51.9. The molecule has 112 valence electrons. The molecule has 6 heteroatoms.